The Labute approximate surface area is 66.3 Å². The van der Waals surface area contributed by atoms with Gasteiger partial charge in [0.1, 0.15) is 6.04 Å². The number of hydrogen-bond donors (Lipinski definition) is 2. The molecule has 0 spiro atoms. The van der Waals surface area contributed by atoms with Gasteiger partial charge < -0.3 is 15.4 Å². The van der Waals surface area contributed by atoms with Crippen LogP contribution in [0.5, 0.6) is 0 Å². The van der Waals surface area contributed by atoms with E-state index in [1.807, 2.05) is 0 Å². The molecule has 1 aliphatic heterocycles. The van der Waals surface area contributed by atoms with Gasteiger partial charge in [0.05, 0.1) is 7.11 Å². The highest BCUT2D eigenvalue weighted by Crippen LogP contribution is 1.95. The van der Waals surface area contributed by atoms with Crippen LogP contribution in [0.25, 0.3) is 0 Å². The molecule has 1 heterocycles. The predicted molar refractivity (Wildman–Crippen MR) is 41.3 cm³/mol. The van der Waals surface area contributed by atoms with Gasteiger partial charge in [-0.1, -0.05) is 0 Å². The molecule has 0 radical (unpaired) electrons. The largest absolute Gasteiger partial charge is 0.468 e. The van der Waals surface area contributed by atoms with Crippen LogP contribution in [0.1, 0.15) is 6.42 Å². The van der Waals surface area contributed by atoms with Crippen LogP contribution in [0.3, 0.4) is 0 Å². The van der Waals surface area contributed by atoms with Gasteiger partial charge in [0, 0.05) is 13.1 Å². The zero-order chi connectivity index (χ0) is 8.10. The maximum absolute atomic E-state index is 11.0. The average molecular weight is 158 g/mol. The first-order chi connectivity index (χ1) is 5.34. The molecule has 0 unspecified atom stereocenters. The van der Waals surface area contributed by atoms with E-state index in [1.54, 1.807) is 0 Å². The second-order valence-electron chi connectivity index (χ2n) is 2.57. The van der Waals surface area contributed by atoms with E-state index in [4.69, 9.17) is 0 Å². The minimum atomic E-state index is -0.159. The van der Waals surface area contributed by atoms with Crippen LogP contribution in [-0.2, 0) is 9.53 Å². The molecule has 1 saturated heterocycles. The molecular formula is C7H14N2O2. The minimum absolute atomic E-state index is 0.116. The van der Waals surface area contributed by atoms with E-state index in [0.717, 1.165) is 26.1 Å². The normalized spacial score (nSPS) is 25.7. The summed E-state index contributed by atoms with van der Waals surface area (Å²) in [6.45, 7) is 2.64. The Bertz CT molecular complexity index is 130. The lowest BCUT2D eigenvalue weighted by atomic mass is 10.2. The van der Waals surface area contributed by atoms with Crippen LogP contribution in [0.15, 0.2) is 0 Å². The molecule has 64 valence electrons. The molecule has 0 aromatic heterocycles. The van der Waals surface area contributed by atoms with Gasteiger partial charge in [0.25, 0.3) is 0 Å². The number of rotatable bonds is 1. The molecule has 0 saturated carbocycles. The van der Waals surface area contributed by atoms with Crippen molar-refractivity contribution in [2.75, 3.05) is 26.7 Å². The number of carbonyl (C=O) groups excluding carboxylic acids is 1. The van der Waals surface area contributed by atoms with E-state index in [1.165, 1.54) is 7.11 Å². The molecule has 0 aromatic rings. The summed E-state index contributed by atoms with van der Waals surface area (Å²) < 4.78 is 4.62. The molecule has 4 heteroatoms. The maximum atomic E-state index is 11.0. The van der Waals surface area contributed by atoms with Crippen molar-refractivity contribution in [3.63, 3.8) is 0 Å². The highest BCUT2D eigenvalue weighted by atomic mass is 16.5. The molecular weight excluding hydrogens is 144 g/mol. The summed E-state index contributed by atoms with van der Waals surface area (Å²) in [5.74, 6) is -0.159. The first kappa shape index (κ1) is 8.49. The van der Waals surface area contributed by atoms with Crippen LogP contribution in [-0.4, -0.2) is 38.8 Å². The number of carbonyl (C=O) groups is 1. The summed E-state index contributed by atoms with van der Waals surface area (Å²) in [4.78, 5) is 11.0. The van der Waals surface area contributed by atoms with Gasteiger partial charge in [0.2, 0.25) is 0 Å². The van der Waals surface area contributed by atoms with Crippen molar-refractivity contribution < 1.29 is 9.53 Å². The van der Waals surface area contributed by atoms with Gasteiger partial charge in [0.15, 0.2) is 0 Å². The van der Waals surface area contributed by atoms with Crippen LogP contribution in [0, 0.1) is 0 Å². The van der Waals surface area contributed by atoms with Gasteiger partial charge >= 0.3 is 5.97 Å². The molecule has 11 heavy (non-hydrogen) atoms. The minimum Gasteiger partial charge on any atom is -0.468 e. The highest BCUT2D eigenvalue weighted by molar-refractivity contribution is 5.75. The lowest BCUT2D eigenvalue weighted by molar-refractivity contribution is -0.143. The van der Waals surface area contributed by atoms with E-state index in [0.29, 0.717) is 0 Å². The summed E-state index contributed by atoms with van der Waals surface area (Å²) in [5.41, 5.74) is 0. The van der Waals surface area contributed by atoms with Gasteiger partial charge in [-0.25, -0.2) is 0 Å². The topological polar surface area (TPSA) is 50.4 Å². The summed E-state index contributed by atoms with van der Waals surface area (Å²) in [7, 11) is 1.42. The predicted octanol–water partition coefficient (Wildman–Crippen LogP) is -0.889. The van der Waals surface area contributed by atoms with Crippen molar-refractivity contribution >= 4 is 5.97 Å². The second kappa shape index (κ2) is 4.31. The first-order valence-electron chi connectivity index (χ1n) is 3.86. The number of esters is 1. The third kappa shape index (κ3) is 2.48. The Morgan fingerprint density at radius 3 is 3.00 bits per heavy atom. The number of methoxy groups -OCH3 is 1. The quantitative estimate of drug-likeness (QED) is 0.486. The molecule has 0 aliphatic carbocycles. The number of hydrogen-bond acceptors (Lipinski definition) is 4. The SMILES string of the molecule is COC(=O)[C@@H]1CCNCCN1. The van der Waals surface area contributed by atoms with Crippen molar-refractivity contribution in [1.82, 2.24) is 10.6 Å². The summed E-state index contributed by atoms with van der Waals surface area (Å²) in [5, 5.41) is 6.28. The first-order valence-corrected chi connectivity index (χ1v) is 3.86. The van der Waals surface area contributed by atoms with Crippen LogP contribution in [0.4, 0.5) is 0 Å². The van der Waals surface area contributed by atoms with E-state index >= 15 is 0 Å². The zero-order valence-corrected chi connectivity index (χ0v) is 6.72. The molecule has 2 N–H and O–H groups in total. The Hall–Kier alpha value is -0.610. The average Bonchev–Trinajstić information content (AvgIpc) is 2.30. The van der Waals surface area contributed by atoms with Crippen molar-refractivity contribution in [3.05, 3.63) is 0 Å². The Morgan fingerprint density at radius 1 is 1.45 bits per heavy atom. The van der Waals surface area contributed by atoms with Gasteiger partial charge in [-0.3, -0.25) is 4.79 Å². The zero-order valence-electron chi connectivity index (χ0n) is 6.72. The Morgan fingerprint density at radius 2 is 2.27 bits per heavy atom. The standard InChI is InChI=1S/C7H14N2O2/c1-11-7(10)6-2-3-8-4-5-9-6/h6,8-9H,2-5H2,1H3/t6-/m0/s1. The van der Waals surface area contributed by atoms with Crippen molar-refractivity contribution in [1.29, 1.82) is 0 Å². The van der Waals surface area contributed by atoms with E-state index in [-0.39, 0.29) is 12.0 Å². The smallest absolute Gasteiger partial charge is 0.322 e. The fourth-order valence-electron chi connectivity index (χ4n) is 1.15. The second-order valence-corrected chi connectivity index (χ2v) is 2.57. The maximum Gasteiger partial charge on any atom is 0.322 e. The van der Waals surface area contributed by atoms with Crippen LogP contribution >= 0.6 is 0 Å². The molecule has 1 aliphatic rings. The Kier molecular flexibility index (Phi) is 3.32. The van der Waals surface area contributed by atoms with Crippen LogP contribution in [0.2, 0.25) is 0 Å². The number of ether oxygens (including phenoxy) is 1. The monoisotopic (exact) mass is 158 g/mol. The molecule has 1 rings (SSSR count). The third-order valence-electron chi connectivity index (χ3n) is 1.79. The summed E-state index contributed by atoms with van der Waals surface area (Å²) >= 11 is 0. The molecule has 0 bridgehead atoms. The van der Waals surface area contributed by atoms with E-state index in [9.17, 15) is 4.79 Å². The van der Waals surface area contributed by atoms with Gasteiger partial charge in [-0.15, -0.1) is 0 Å². The highest BCUT2D eigenvalue weighted by Gasteiger charge is 2.18. The van der Waals surface area contributed by atoms with Gasteiger partial charge in [-0.05, 0) is 13.0 Å². The van der Waals surface area contributed by atoms with Crippen LogP contribution < -0.4 is 10.6 Å². The molecule has 4 nitrogen and oxygen atoms in total. The lowest BCUT2D eigenvalue weighted by Gasteiger charge is -2.11. The van der Waals surface area contributed by atoms with Crippen molar-refractivity contribution in [2.45, 2.75) is 12.5 Å². The Balaban J connectivity index is 2.36. The fourth-order valence-corrected chi connectivity index (χ4v) is 1.15. The van der Waals surface area contributed by atoms with E-state index < -0.39 is 0 Å². The molecule has 1 atom stereocenters. The summed E-state index contributed by atoms with van der Waals surface area (Å²) in [6.07, 6.45) is 0.812. The van der Waals surface area contributed by atoms with Gasteiger partial charge in [-0.2, -0.15) is 0 Å². The molecule has 0 amide bonds. The third-order valence-corrected chi connectivity index (χ3v) is 1.79. The molecule has 0 aromatic carbocycles. The fraction of sp³-hybridized carbons (Fsp3) is 0.857. The van der Waals surface area contributed by atoms with Crippen molar-refractivity contribution in [2.24, 2.45) is 0 Å². The number of nitrogens with one attached hydrogen (secondary N) is 2. The van der Waals surface area contributed by atoms with Crippen molar-refractivity contribution in [3.8, 4) is 0 Å². The molecule has 1 fully saturated rings. The van der Waals surface area contributed by atoms with E-state index in [2.05, 4.69) is 15.4 Å². The lowest BCUT2D eigenvalue weighted by Crippen LogP contribution is -2.37. The summed E-state index contributed by atoms with van der Waals surface area (Å²) in [6, 6.07) is -0.116.